The first-order valence-electron chi connectivity index (χ1n) is 9.55. The third-order valence-electron chi connectivity index (χ3n) is 4.57. The minimum Gasteiger partial charge on any atom is -0.480 e. The van der Waals surface area contributed by atoms with E-state index in [0.29, 0.717) is 32.8 Å². The Morgan fingerprint density at radius 1 is 1.21 bits per heavy atom. The number of barbiturate groups is 1. The summed E-state index contributed by atoms with van der Waals surface area (Å²) in [6, 6.07) is 8.51. The lowest BCUT2D eigenvalue weighted by Crippen LogP contribution is -2.54. The molecule has 170 valence electrons. The fraction of sp³-hybridized carbons (Fsp3) is 0.130. The molecule has 1 fully saturated rings. The Labute approximate surface area is 202 Å². The predicted octanol–water partition coefficient (Wildman–Crippen LogP) is 4.05. The highest BCUT2D eigenvalue weighted by molar-refractivity contribution is 9.10. The third kappa shape index (κ3) is 5.50. The van der Waals surface area contributed by atoms with Crippen molar-refractivity contribution in [2.24, 2.45) is 0 Å². The molecule has 2 aromatic carbocycles. The van der Waals surface area contributed by atoms with Gasteiger partial charge in [0.05, 0.1) is 17.3 Å². The summed E-state index contributed by atoms with van der Waals surface area (Å²) in [6.45, 7) is 3.42. The standard InChI is InChI=1S/C23H18BrClN2O6/c1-3-4-14-9-13(11-18(24)20(14)33-12-19(28)32-2)10-17-21(29)26-23(31)27(22(17)30)16-7-5-15(25)6-8-16/h3,5-11H,1,4,12H2,2H3,(H,26,29,31)/b17-10+. The Kier molecular flexibility index (Phi) is 7.67. The van der Waals surface area contributed by atoms with Crippen molar-refractivity contribution in [2.75, 3.05) is 18.6 Å². The SMILES string of the molecule is C=CCc1cc(/C=C2\C(=O)NC(=O)N(c3ccc(Cl)cc3)C2=O)cc(Br)c1OCC(=O)OC. The summed E-state index contributed by atoms with van der Waals surface area (Å²) in [5, 5.41) is 2.60. The predicted molar refractivity (Wildman–Crippen MR) is 126 cm³/mol. The molecule has 1 N–H and O–H groups in total. The first kappa shape index (κ1) is 24.2. The van der Waals surface area contributed by atoms with Crippen molar-refractivity contribution in [3.8, 4) is 5.75 Å². The molecule has 1 aliphatic rings. The van der Waals surface area contributed by atoms with Crippen LogP contribution in [0.3, 0.4) is 0 Å². The second-order valence-electron chi connectivity index (χ2n) is 6.78. The van der Waals surface area contributed by atoms with E-state index in [4.69, 9.17) is 16.3 Å². The number of amides is 4. The number of esters is 1. The van der Waals surface area contributed by atoms with E-state index in [0.717, 1.165) is 4.90 Å². The van der Waals surface area contributed by atoms with E-state index in [1.807, 2.05) is 0 Å². The Bertz CT molecular complexity index is 1180. The lowest BCUT2D eigenvalue weighted by atomic mass is 10.0. The molecule has 2 aromatic rings. The maximum Gasteiger partial charge on any atom is 0.343 e. The Morgan fingerprint density at radius 3 is 2.55 bits per heavy atom. The number of carbonyl (C=O) groups excluding carboxylic acids is 4. The summed E-state index contributed by atoms with van der Waals surface area (Å²) >= 11 is 9.28. The molecule has 0 radical (unpaired) electrons. The average molecular weight is 534 g/mol. The van der Waals surface area contributed by atoms with E-state index >= 15 is 0 Å². The second-order valence-corrected chi connectivity index (χ2v) is 8.07. The quantitative estimate of drug-likeness (QED) is 0.249. The van der Waals surface area contributed by atoms with Crippen LogP contribution < -0.4 is 15.0 Å². The molecule has 33 heavy (non-hydrogen) atoms. The van der Waals surface area contributed by atoms with Gasteiger partial charge in [-0.25, -0.2) is 14.5 Å². The molecule has 0 bridgehead atoms. The van der Waals surface area contributed by atoms with Gasteiger partial charge in [0.1, 0.15) is 11.3 Å². The number of rotatable bonds is 7. The zero-order chi connectivity index (χ0) is 24.1. The number of methoxy groups -OCH3 is 1. The van der Waals surface area contributed by atoms with Gasteiger partial charge in [-0.3, -0.25) is 14.9 Å². The molecule has 0 unspecified atom stereocenters. The monoisotopic (exact) mass is 532 g/mol. The molecule has 1 heterocycles. The van der Waals surface area contributed by atoms with E-state index in [1.54, 1.807) is 18.2 Å². The molecular formula is C23H18BrClN2O6. The first-order chi connectivity index (χ1) is 15.7. The van der Waals surface area contributed by atoms with E-state index in [-0.39, 0.29) is 17.9 Å². The summed E-state index contributed by atoms with van der Waals surface area (Å²) in [6.07, 6.45) is 3.40. The molecule has 10 heteroatoms. The smallest absolute Gasteiger partial charge is 0.343 e. The van der Waals surface area contributed by atoms with Crippen molar-refractivity contribution in [1.82, 2.24) is 5.32 Å². The Balaban J connectivity index is 1.99. The van der Waals surface area contributed by atoms with Crippen LogP contribution >= 0.6 is 27.5 Å². The van der Waals surface area contributed by atoms with Crippen LogP contribution in [0.15, 0.2) is 59.1 Å². The van der Waals surface area contributed by atoms with Gasteiger partial charge in [-0.2, -0.15) is 0 Å². The van der Waals surface area contributed by atoms with E-state index < -0.39 is 23.8 Å². The summed E-state index contributed by atoms with van der Waals surface area (Å²) < 4.78 is 10.6. The number of halogens is 2. The largest absolute Gasteiger partial charge is 0.480 e. The van der Waals surface area contributed by atoms with E-state index in [9.17, 15) is 19.2 Å². The molecule has 4 amide bonds. The number of anilines is 1. The van der Waals surface area contributed by atoms with Gasteiger partial charge >= 0.3 is 12.0 Å². The van der Waals surface area contributed by atoms with E-state index in [1.165, 1.54) is 37.5 Å². The molecule has 0 aliphatic carbocycles. The highest BCUT2D eigenvalue weighted by atomic mass is 79.9. The van der Waals surface area contributed by atoms with E-state index in [2.05, 4.69) is 32.6 Å². The van der Waals surface area contributed by atoms with Crippen molar-refractivity contribution in [3.63, 3.8) is 0 Å². The van der Waals surface area contributed by atoms with Crippen LogP contribution in [0, 0.1) is 0 Å². The molecule has 0 atom stereocenters. The summed E-state index contributed by atoms with van der Waals surface area (Å²) in [7, 11) is 1.25. The number of nitrogens with zero attached hydrogens (tertiary/aromatic N) is 1. The number of nitrogens with one attached hydrogen (secondary N) is 1. The van der Waals surface area contributed by atoms with Crippen LogP contribution in [0.2, 0.25) is 5.02 Å². The molecule has 1 aliphatic heterocycles. The fourth-order valence-electron chi connectivity index (χ4n) is 3.06. The lowest BCUT2D eigenvalue weighted by molar-refractivity contribution is -0.143. The highest BCUT2D eigenvalue weighted by Crippen LogP contribution is 2.33. The topological polar surface area (TPSA) is 102 Å². The van der Waals surface area contributed by atoms with Gasteiger partial charge in [0.15, 0.2) is 6.61 Å². The zero-order valence-corrected chi connectivity index (χ0v) is 19.7. The molecule has 3 rings (SSSR count). The van der Waals surface area contributed by atoms with Crippen LogP contribution in [-0.2, 0) is 25.5 Å². The molecule has 0 saturated carbocycles. The van der Waals surface area contributed by atoms with Crippen LogP contribution in [0.1, 0.15) is 11.1 Å². The van der Waals surface area contributed by atoms with Crippen LogP contribution in [0.4, 0.5) is 10.5 Å². The highest BCUT2D eigenvalue weighted by Gasteiger charge is 2.36. The van der Waals surface area contributed by atoms with Crippen LogP contribution in [0.5, 0.6) is 5.75 Å². The molecular weight excluding hydrogens is 516 g/mol. The molecule has 1 saturated heterocycles. The van der Waals surface area contributed by atoms with Gasteiger partial charge in [0, 0.05) is 5.02 Å². The minimum atomic E-state index is -0.857. The maximum absolute atomic E-state index is 13.0. The number of hydrogen-bond donors (Lipinski definition) is 1. The Morgan fingerprint density at radius 2 is 1.91 bits per heavy atom. The van der Waals surface area contributed by atoms with Crippen molar-refractivity contribution in [2.45, 2.75) is 6.42 Å². The molecule has 8 nitrogen and oxygen atoms in total. The maximum atomic E-state index is 13.0. The molecule has 0 aromatic heterocycles. The first-order valence-corrected chi connectivity index (χ1v) is 10.7. The molecule has 0 spiro atoms. The number of carbonyl (C=O) groups is 4. The zero-order valence-electron chi connectivity index (χ0n) is 17.4. The summed E-state index contributed by atoms with van der Waals surface area (Å²) in [4.78, 5) is 50.1. The summed E-state index contributed by atoms with van der Waals surface area (Å²) in [5.41, 5.74) is 1.18. The summed E-state index contributed by atoms with van der Waals surface area (Å²) in [5.74, 6) is -1.74. The van der Waals surface area contributed by atoms with Gasteiger partial charge in [0.2, 0.25) is 0 Å². The normalized spacial score (nSPS) is 14.8. The van der Waals surface area contributed by atoms with Crippen molar-refractivity contribution >= 4 is 63.1 Å². The van der Waals surface area contributed by atoms with Gasteiger partial charge in [0.25, 0.3) is 11.8 Å². The van der Waals surface area contributed by atoms with Crippen molar-refractivity contribution < 1.29 is 28.7 Å². The van der Waals surface area contributed by atoms with Gasteiger partial charge < -0.3 is 9.47 Å². The van der Waals surface area contributed by atoms with Crippen molar-refractivity contribution in [1.29, 1.82) is 0 Å². The number of benzene rings is 2. The fourth-order valence-corrected chi connectivity index (χ4v) is 3.82. The van der Waals surface area contributed by atoms with Crippen LogP contribution in [-0.4, -0.2) is 37.5 Å². The number of hydrogen-bond acceptors (Lipinski definition) is 6. The second kappa shape index (κ2) is 10.5. The van der Waals surface area contributed by atoms with Crippen LogP contribution in [0.25, 0.3) is 6.08 Å². The van der Waals surface area contributed by atoms with Crippen molar-refractivity contribution in [3.05, 3.63) is 75.2 Å². The average Bonchev–Trinajstić information content (AvgIpc) is 2.77. The van der Waals surface area contributed by atoms with Gasteiger partial charge in [-0.1, -0.05) is 17.7 Å². The number of imide groups is 2. The minimum absolute atomic E-state index is 0.232. The number of allylic oxidation sites excluding steroid dienone is 1. The number of urea groups is 1. The number of ether oxygens (including phenoxy) is 2. The third-order valence-corrected chi connectivity index (χ3v) is 5.41. The lowest BCUT2D eigenvalue weighted by Gasteiger charge is -2.26. The van der Waals surface area contributed by atoms with Gasteiger partial charge in [-0.15, -0.1) is 6.58 Å². The van der Waals surface area contributed by atoms with Gasteiger partial charge in [-0.05, 0) is 76.0 Å². The Hall–Kier alpha value is -3.43.